The third-order valence-electron chi connectivity index (χ3n) is 4.10. The zero-order chi connectivity index (χ0) is 20.8. The summed E-state index contributed by atoms with van der Waals surface area (Å²) in [7, 11) is 1.58. The fourth-order valence-corrected chi connectivity index (χ4v) is 3.07. The van der Waals surface area contributed by atoms with Crippen LogP contribution in [-0.4, -0.2) is 29.2 Å². The largest absolute Gasteiger partial charge is 0.497 e. The molecule has 29 heavy (non-hydrogen) atoms. The summed E-state index contributed by atoms with van der Waals surface area (Å²) in [6.45, 7) is 1.94. The van der Waals surface area contributed by atoms with Crippen LogP contribution in [0.5, 0.6) is 5.75 Å². The predicted molar refractivity (Wildman–Crippen MR) is 112 cm³/mol. The molecule has 0 bridgehead atoms. The number of benzene rings is 2. The van der Waals surface area contributed by atoms with Crippen LogP contribution in [0.2, 0.25) is 5.15 Å². The van der Waals surface area contributed by atoms with E-state index in [9.17, 15) is 9.59 Å². The van der Waals surface area contributed by atoms with Crippen LogP contribution in [0.1, 0.15) is 12.6 Å². The van der Waals surface area contributed by atoms with Gasteiger partial charge in [0.2, 0.25) is 0 Å². The Morgan fingerprint density at radius 1 is 1.14 bits per heavy atom. The molecule has 1 aromatic heterocycles. The van der Waals surface area contributed by atoms with E-state index in [-0.39, 0.29) is 17.5 Å². The van der Waals surface area contributed by atoms with Gasteiger partial charge in [-0.1, -0.05) is 29.8 Å². The minimum atomic E-state index is -0.560. The average Bonchev–Trinajstić information content (AvgIpc) is 2.74. The molecule has 0 atom stereocenters. The Labute approximate surface area is 173 Å². The molecule has 0 aliphatic rings. The first-order chi connectivity index (χ1) is 14.0. The Kier molecular flexibility index (Phi) is 6.46. The van der Waals surface area contributed by atoms with Crippen molar-refractivity contribution in [2.24, 2.45) is 0 Å². The second kappa shape index (κ2) is 9.21. The molecule has 7 heteroatoms. The minimum absolute atomic E-state index is 0.0316. The molecule has 148 valence electrons. The summed E-state index contributed by atoms with van der Waals surface area (Å²) in [5.74, 6) is 0.121. The number of carbonyl (C=O) groups is 1. The van der Waals surface area contributed by atoms with Crippen LogP contribution in [0.4, 0.5) is 0 Å². The number of carbonyl (C=O) groups excluding carboxylic acids is 1. The molecule has 0 saturated heterocycles. The Hall–Kier alpha value is -3.38. The van der Waals surface area contributed by atoms with Crippen LogP contribution in [0.15, 0.2) is 65.5 Å². The van der Waals surface area contributed by atoms with Crippen molar-refractivity contribution in [2.45, 2.75) is 6.92 Å². The van der Waals surface area contributed by atoms with Crippen molar-refractivity contribution >= 4 is 23.6 Å². The van der Waals surface area contributed by atoms with E-state index in [1.54, 1.807) is 50.4 Å². The highest BCUT2D eigenvalue weighted by molar-refractivity contribution is 6.32. The highest BCUT2D eigenvalue weighted by Crippen LogP contribution is 2.29. The number of hydrogen-bond acceptors (Lipinski definition) is 5. The van der Waals surface area contributed by atoms with Gasteiger partial charge in [-0.2, -0.15) is 0 Å². The van der Waals surface area contributed by atoms with E-state index in [0.29, 0.717) is 22.7 Å². The van der Waals surface area contributed by atoms with Crippen molar-refractivity contribution in [1.82, 2.24) is 9.55 Å². The lowest BCUT2D eigenvalue weighted by atomic mass is 10.1. The van der Waals surface area contributed by atoms with Crippen LogP contribution < -0.4 is 10.3 Å². The molecule has 6 nitrogen and oxygen atoms in total. The van der Waals surface area contributed by atoms with Gasteiger partial charge in [0.15, 0.2) is 5.15 Å². The maximum absolute atomic E-state index is 13.2. The van der Waals surface area contributed by atoms with E-state index in [4.69, 9.17) is 21.1 Å². The number of methoxy groups -OCH3 is 1. The highest BCUT2D eigenvalue weighted by Gasteiger charge is 2.17. The number of hydrogen-bond donors (Lipinski definition) is 0. The minimum Gasteiger partial charge on any atom is -0.497 e. The van der Waals surface area contributed by atoms with Crippen molar-refractivity contribution < 1.29 is 14.3 Å². The van der Waals surface area contributed by atoms with Crippen molar-refractivity contribution in [1.29, 1.82) is 0 Å². The summed E-state index contributed by atoms with van der Waals surface area (Å²) in [4.78, 5) is 29.1. The number of rotatable bonds is 6. The van der Waals surface area contributed by atoms with Gasteiger partial charge in [0.25, 0.3) is 5.56 Å². The number of nitrogens with zero attached hydrogens (tertiary/aromatic N) is 2. The fourth-order valence-electron chi connectivity index (χ4n) is 2.78. The van der Waals surface area contributed by atoms with Gasteiger partial charge < -0.3 is 9.47 Å². The number of halogens is 1. The first-order valence-corrected chi connectivity index (χ1v) is 9.30. The second-order valence-corrected chi connectivity index (χ2v) is 6.28. The van der Waals surface area contributed by atoms with Crippen molar-refractivity contribution in [3.63, 3.8) is 0 Å². The molecule has 0 aliphatic carbocycles. The number of para-hydroxylation sites is 1. The zero-order valence-corrected chi connectivity index (χ0v) is 16.7. The Morgan fingerprint density at radius 3 is 2.45 bits per heavy atom. The van der Waals surface area contributed by atoms with Crippen LogP contribution in [-0.2, 0) is 9.53 Å². The lowest BCUT2D eigenvalue weighted by Gasteiger charge is -2.15. The molecule has 1 heterocycles. The van der Waals surface area contributed by atoms with Gasteiger partial charge in [0.05, 0.1) is 19.4 Å². The Bertz CT molecular complexity index is 1090. The van der Waals surface area contributed by atoms with Crippen molar-refractivity contribution in [2.75, 3.05) is 13.7 Å². The monoisotopic (exact) mass is 410 g/mol. The maximum Gasteiger partial charge on any atom is 0.330 e. The maximum atomic E-state index is 13.2. The van der Waals surface area contributed by atoms with Crippen molar-refractivity contribution in [3.05, 3.63) is 81.9 Å². The van der Waals surface area contributed by atoms with Gasteiger partial charge in [0.1, 0.15) is 11.4 Å². The van der Waals surface area contributed by atoms with Gasteiger partial charge in [-0.05, 0) is 49.4 Å². The molecule has 0 amide bonds. The van der Waals surface area contributed by atoms with E-state index in [2.05, 4.69) is 4.98 Å². The zero-order valence-electron chi connectivity index (χ0n) is 16.0. The quantitative estimate of drug-likeness (QED) is 0.451. The standard InChI is InChI=1S/C22H19ClN2O4/c1-3-29-19(26)14-13-18-22(27)25(16-7-5-4-6-8-16)20(21(23)24-18)15-9-11-17(28-2)12-10-15/h4-14H,3H2,1-2H3/b14-13+. The number of ether oxygens (including phenoxy) is 2. The van der Waals surface area contributed by atoms with Gasteiger partial charge in [-0.15, -0.1) is 0 Å². The first kappa shape index (κ1) is 20.4. The number of esters is 1. The van der Waals surface area contributed by atoms with Crippen LogP contribution in [0.3, 0.4) is 0 Å². The summed E-state index contributed by atoms with van der Waals surface area (Å²) in [5.41, 5.74) is 1.39. The lowest BCUT2D eigenvalue weighted by molar-refractivity contribution is -0.137. The molecule has 3 aromatic rings. The highest BCUT2D eigenvalue weighted by atomic mass is 35.5. The predicted octanol–water partition coefficient (Wildman–Crippen LogP) is 4.14. The summed E-state index contributed by atoms with van der Waals surface area (Å²) >= 11 is 6.49. The molecular weight excluding hydrogens is 392 g/mol. The van der Waals surface area contributed by atoms with Gasteiger partial charge in [-0.25, -0.2) is 9.78 Å². The van der Waals surface area contributed by atoms with E-state index in [1.165, 1.54) is 10.6 Å². The summed E-state index contributed by atoms with van der Waals surface area (Å²) in [6, 6.07) is 16.2. The van der Waals surface area contributed by atoms with Crippen LogP contribution >= 0.6 is 11.6 Å². The molecule has 0 aliphatic heterocycles. The molecule has 3 rings (SSSR count). The van der Waals surface area contributed by atoms with Crippen molar-refractivity contribution in [3.8, 4) is 22.7 Å². The molecule has 0 saturated carbocycles. The molecule has 0 radical (unpaired) electrons. The van der Waals surface area contributed by atoms with E-state index < -0.39 is 11.5 Å². The first-order valence-electron chi connectivity index (χ1n) is 8.92. The topological polar surface area (TPSA) is 70.4 Å². The lowest BCUT2D eigenvalue weighted by Crippen LogP contribution is -2.24. The molecular formula is C22H19ClN2O4. The third kappa shape index (κ3) is 4.55. The van der Waals surface area contributed by atoms with E-state index in [1.807, 2.05) is 18.2 Å². The summed E-state index contributed by atoms with van der Waals surface area (Å²) < 4.78 is 11.5. The SMILES string of the molecule is CCOC(=O)/C=C/c1nc(Cl)c(-c2ccc(OC)cc2)n(-c2ccccc2)c1=O. The molecule has 0 fully saturated rings. The summed E-state index contributed by atoms with van der Waals surface area (Å²) in [6.07, 6.45) is 2.47. The summed E-state index contributed by atoms with van der Waals surface area (Å²) in [5, 5.41) is 0.127. The third-order valence-corrected chi connectivity index (χ3v) is 4.37. The average molecular weight is 411 g/mol. The van der Waals surface area contributed by atoms with Gasteiger partial charge in [0, 0.05) is 17.3 Å². The fraction of sp³-hybridized carbons (Fsp3) is 0.136. The van der Waals surface area contributed by atoms with Crippen LogP contribution in [0.25, 0.3) is 23.0 Å². The van der Waals surface area contributed by atoms with E-state index in [0.717, 1.165) is 6.08 Å². The smallest absolute Gasteiger partial charge is 0.330 e. The van der Waals surface area contributed by atoms with Gasteiger partial charge in [-0.3, -0.25) is 9.36 Å². The molecule has 0 N–H and O–H groups in total. The van der Waals surface area contributed by atoms with Crippen LogP contribution in [0, 0.1) is 0 Å². The Balaban J connectivity index is 2.21. The van der Waals surface area contributed by atoms with Gasteiger partial charge >= 0.3 is 5.97 Å². The molecule has 0 unspecified atom stereocenters. The normalized spacial score (nSPS) is 10.9. The Morgan fingerprint density at radius 2 is 1.83 bits per heavy atom. The number of aromatic nitrogens is 2. The molecule has 0 spiro atoms. The molecule has 2 aromatic carbocycles. The second-order valence-electron chi connectivity index (χ2n) is 5.93. The van der Waals surface area contributed by atoms with E-state index >= 15 is 0 Å².